The Balaban J connectivity index is 2.13. The lowest BCUT2D eigenvalue weighted by Crippen LogP contribution is -2.25. The second kappa shape index (κ2) is 4.53. The van der Waals surface area contributed by atoms with Crippen molar-refractivity contribution in [1.29, 1.82) is 0 Å². The van der Waals surface area contributed by atoms with Crippen molar-refractivity contribution >= 4 is 5.78 Å². The van der Waals surface area contributed by atoms with Gasteiger partial charge in [0.2, 0.25) is 0 Å². The van der Waals surface area contributed by atoms with Gasteiger partial charge in [-0.1, -0.05) is 12.5 Å². The molecule has 1 fully saturated rings. The molecule has 2 atom stereocenters. The van der Waals surface area contributed by atoms with Gasteiger partial charge in [-0.15, -0.1) is 0 Å². The molecule has 3 nitrogen and oxygen atoms in total. The normalized spacial score (nSPS) is 23.8. The summed E-state index contributed by atoms with van der Waals surface area (Å²) in [5.41, 5.74) is 0.748. The van der Waals surface area contributed by atoms with Gasteiger partial charge < -0.3 is 5.11 Å². The predicted octanol–water partition coefficient (Wildman–Crippen LogP) is 1.87. The molecule has 1 heterocycles. The van der Waals surface area contributed by atoms with E-state index in [1.54, 1.807) is 18.5 Å². The number of carbonyl (C=O) groups excluding carboxylic acids is 1. The highest BCUT2D eigenvalue weighted by atomic mass is 16.3. The number of nitrogens with zero attached hydrogens (tertiary/aromatic N) is 1. The van der Waals surface area contributed by atoms with E-state index < -0.39 is 6.10 Å². The van der Waals surface area contributed by atoms with Crippen molar-refractivity contribution in [3.8, 4) is 0 Å². The molecule has 1 N–H and O–H groups in total. The van der Waals surface area contributed by atoms with E-state index in [1.165, 1.54) is 0 Å². The Labute approximate surface area is 89.2 Å². The second-order valence-electron chi connectivity index (χ2n) is 4.05. The van der Waals surface area contributed by atoms with Crippen LogP contribution in [-0.4, -0.2) is 15.9 Å². The zero-order valence-corrected chi connectivity index (χ0v) is 8.60. The molecule has 0 spiro atoms. The quantitative estimate of drug-likeness (QED) is 0.802. The van der Waals surface area contributed by atoms with Crippen molar-refractivity contribution in [2.24, 2.45) is 5.92 Å². The summed E-state index contributed by atoms with van der Waals surface area (Å²) in [7, 11) is 0. The summed E-state index contributed by atoms with van der Waals surface area (Å²) in [6, 6.07) is 3.60. The number of Topliss-reactive ketones (excluding diaryl/α,β-unsaturated/α-hetero) is 1. The highest BCUT2D eigenvalue weighted by Gasteiger charge is 2.29. The Hall–Kier alpha value is -1.22. The van der Waals surface area contributed by atoms with Crippen molar-refractivity contribution in [2.45, 2.75) is 31.8 Å². The third kappa shape index (κ3) is 2.23. The number of aromatic nitrogens is 1. The molecular formula is C12H15NO2. The first kappa shape index (κ1) is 10.3. The molecule has 1 aliphatic rings. The van der Waals surface area contributed by atoms with Crippen LogP contribution in [-0.2, 0) is 4.79 Å². The van der Waals surface area contributed by atoms with Crippen LogP contribution in [0.3, 0.4) is 0 Å². The molecule has 0 bridgehead atoms. The van der Waals surface area contributed by atoms with Crippen LogP contribution in [0.15, 0.2) is 24.5 Å². The highest BCUT2D eigenvalue weighted by molar-refractivity contribution is 5.82. The summed E-state index contributed by atoms with van der Waals surface area (Å²) in [5, 5.41) is 10.1. The maximum atomic E-state index is 11.6. The number of hydrogen-bond acceptors (Lipinski definition) is 3. The molecule has 0 saturated heterocycles. The Bertz CT molecular complexity index is 337. The average molecular weight is 205 g/mol. The van der Waals surface area contributed by atoms with Gasteiger partial charge in [0.05, 0.1) is 6.10 Å². The zero-order chi connectivity index (χ0) is 10.7. The number of carbonyl (C=O) groups is 1. The number of aliphatic hydroxyl groups is 1. The zero-order valence-electron chi connectivity index (χ0n) is 8.60. The largest absolute Gasteiger partial charge is 0.388 e. The molecule has 3 heteroatoms. The van der Waals surface area contributed by atoms with Gasteiger partial charge in [0, 0.05) is 24.7 Å². The fraction of sp³-hybridized carbons (Fsp3) is 0.500. The molecule has 1 aromatic heterocycles. The SMILES string of the molecule is O=C1CCCCC1C(O)c1cccnc1. The number of pyridine rings is 1. The van der Waals surface area contributed by atoms with Crippen LogP contribution in [0.25, 0.3) is 0 Å². The molecule has 15 heavy (non-hydrogen) atoms. The number of ketones is 1. The van der Waals surface area contributed by atoms with Crippen molar-refractivity contribution in [2.75, 3.05) is 0 Å². The Morgan fingerprint density at radius 1 is 1.47 bits per heavy atom. The van der Waals surface area contributed by atoms with Gasteiger partial charge in [-0.3, -0.25) is 9.78 Å². The van der Waals surface area contributed by atoms with Crippen LogP contribution in [0.2, 0.25) is 0 Å². The average Bonchev–Trinajstić information content (AvgIpc) is 2.30. The van der Waals surface area contributed by atoms with Gasteiger partial charge >= 0.3 is 0 Å². The maximum Gasteiger partial charge on any atom is 0.138 e. The van der Waals surface area contributed by atoms with Crippen LogP contribution in [0, 0.1) is 5.92 Å². The van der Waals surface area contributed by atoms with Crippen molar-refractivity contribution in [3.63, 3.8) is 0 Å². The fourth-order valence-corrected chi connectivity index (χ4v) is 2.13. The molecule has 2 rings (SSSR count). The Morgan fingerprint density at radius 3 is 3.00 bits per heavy atom. The Morgan fingerprint density at radius 2 is 2.33 bits per heavy atom. The van der Waals surface area contributed by atoms with Gasteiger partial charge in [-0.2, -0.15) is 0 Å². The van der Waals surface area contributed by atoms with E-state index in [-0.39, 0.29) is 11.7 Å². The molecule has 2 unspecified atom stereocenters. The van der Waals surface area contributed by atoms with Crippen molar-refractivity contribution in [3.05, 3.63) is 30.1 Å². The van der Waals surface area contributed by atoms with Crippen LogP contribution >= 0.6 is 0 Å². The first-order chi connectivity index (χ1) is 7.29. The first-order valence-electron chi connectivity index (χ1n) is 5.40. The summed E-state index contributed by atoms with van der Waals surface area (Å²) < 4.78 is 0. The maximum absolute atomic E-state index is 11.6. The molecule has 0 aliphatic heterocycles. The van der Waals surface area contributed by atoms with E-state index >= 15 is 0 Å². The highest BCUT2D eigenvalue weighted by Crippen LogP contribution is 2.31. The smallest absolute Gasteiger partial charge is 0.138 e. The third-order valence-corrected chi connectivity index (χ3v) is 3.01. The van der Waals surface area contributed by atoms with Crippen LogP contribution in [0.5, 0.6) is 0 Å². The van der Waals surface area contributed by atoms with Crippen LogP contribution in [0.4, 0.5) is 0 Å². The molecule has 0 radical (unpaired) electrons. The minimum atomic E-state index is -0.675. The second-order valence-corrected chi connectivity index (χ2v) is 4.05. The minimum absolute atomic E-state index is 0.192. The molecule has 0 amide bonds. The van der Waals surface area contributed by atoms with Gasteiger partial charge in [0.1, 0.15) is 5.78 Å². The minimum Gasteiger partial charge on any atom is -0.388 e. The van der Waals surface area contributed by atoms with Gasteiger partial charge in [0.25, 0.3) is 0 Å². The van der Waals surface area contributed by atoms with E-state index in [0.717, 1.165) is 24.8 Å². The first-order valence-corrected chi connectivity index (χ1v) is 5.40. The standard InChI is InChI=1S/C12H15NO2/c14-11-6-2-1-5-10(11)12(15)9-4-3-7-13-8-9/h3-4,7-8,10,12,15H,1-2,5-6H2. The fourth-order valence-electron chi connectivity index (χ4n) is 2.13. The lowest BCUT2D eigenvalue weighted by atomic mass is 9.82. The summed E-state index contributed by atoms with van der Waals surface area (Å²) in [5.74, 6) is -0.0273. The summed E-state index contributed by atoms with van der Waals surface area (Å²) >= 11 is 0. The predicted molar refractivity (Wildman–Crippen MR) is 56.2 cm³/mol. The van der Waals surface area contributed by atoms with E-state index in [4.69, 9.17) is 0 Å². The van der Waals surface area contributed by atoms with Crippen molar-refractivity contribution in [1.82, 2.24) is 4.98 Å². The number of rotatable bonds is 2. The lowest BCUT2D eigenvalue weighted by molar-refractivity contribution is -0.128. The van der Waals surface area contributed by atoms with E-state index in [2.05, 4.69) is 4.98 Å². The summed E-state index contributed by atoms with van der Waals surface area (Å²) in [6.07, 6.45) is 6.04. The number of hydrogen-bond donors (Lipinski definition) is 1. The number of aliphatic hydroxyl groups excluding tert-OH is 1. The molecule has 1 aromatic rings. The molecule has 1 aliphatic carbocycles. The molecule has 80 valence electrons. The van der Waals surface area contributed by atoms with E-state index in [9.17, 15) is 9.90 Å². The molecular weight excluding hydrogens is 190 g/mol. The molecule has 0 aromatic carbocycles. The summed E-state index contributed by atoms with van der Waals surface area (Å²) in [4.78, 5) is 15.6. The third-order valence-electron chi connectivity index (χ3n) is 3.01. The topological polar surface area (TPSA) is 50.2 Å². The van der Waals surface area contributed by atoms with E-state index in [1.807, 2.05) is 6.07 Å². The van der Waals surface area contributed by atoms with Gasteiger partial charge in [0.15, 0.2) is 0 Å². The molecule has 1 saturated carbocycles. The van der Waals surface area contributed by atoms with Crippen molar-refractivity contribution < 1.29 is 9.90 Å². The van der Waals surface area contributed by atoms with E-state index in [0.29, 0.717) is 6.42 Å². The van der Waals surface area contributed by atoms with Crippen LogP contribution < -0.4 is 0 Å². The monoisotopic (exact) mass is 205 g/mol. The van der Waals surface area contributed by atoms with Crippen LogP contribution in [0.1, 0.15) is 37.4 Å². The van der Waals surface area contributed by atoms with Gasteiger partial charge in [-0.25, -0.2) is 0 Å². The summed E-state index contributed by atoms with van der Waals surface area (Å²) in [6.45, 7) is 0. The lowest BCUT2D eigenvalue weighted by Gasteiger charge is -2.25. The van der Waals surface area contributed by atoms with Gasteiger partial charge in [-0.05, 0) is 24.5 Å². The Kier molecular flexibility index (Phi) is 3.11.